The summed E-state index contributed by atoms with van der Waals surface area (Å²) in [5.74, 6) is 8.15. The van der Waals surface area contributed by atoms with Crippen LogP contribution in [-0.2, 0) is 21.4 Å². The van der Waals surface area contributed by atoms with Crippen LogP contribution in [-0.4, -0.2) is 113 Å². The van der Waals surface area contributed by atoms with Crippen molar-refractivity contribution in [1.29, 1.82) is 0 Å². The van der Waals surface area contributed by atoms with Crippen LogP contribution in [0.3, 0.4) is 0 Å². The van der Waals surface area contributed by atoms with Crippen molar-refractivity contribution in [2.24, 2.45) is 13.0 Å². The van der Waals surface area contributed by atoms with Gasteiger partial charge in [-0.05, 0) is 69.1 Å². The largest absolute Gasteiger partial charge is 0.365 e. The number of aryl methyl sites for hydroxylation is 1. The third-order valence-corrected chi connectivity index (χ3v) is 13.6. The van der Waals surface area contributed by atoms with Crippen LogP contribution in [0.4, 0.5) is 20.3 Å². The number of imide groups is 1. The normalized spacial score (nSPS) is 21.7. The van der Waals surface area contributed by atoms with Crippen molar-refractivity contribution in [3.63, 3.8) is 0 Å². The van der Waals surface area contributed by atoms with Crippen LogP contribution >= 0.6 is 11.8 Å². The van der Waals surface area contributed by atoms with E-state index in [4.69, 9.17) is 9.72 Å². The van der Waals surface area contributed by atoms with Crippen molar-refractivity contribution in [2.45, 2.75) is 76.0 Å². The maximum Gasteiger partial charge on any atom is 0.329 e. The fourth-order valence-electron chi connectivity index (χ4n) is 9.30. The van der Waals surface area contributed by atoms with Gasteiger partial charge < -0.3 is 19.9 Å². The van der Waals surface area contributed by atoms with Crippen molar-refractivity contribution in [3.05, 3.63) is 70.2 Å². The Kier molecular flexibility index (Phi) is 12.1. The summed E-state index contributed by atoms with van der Waals surface area (Å²) >= 11 is 1.89. The van der Waals surface area contributed by atoms with Crippen LogP contribution in [0.1, 0.15) is 91.5 Å². The number of thioether (sulfide) groups is 1. The maximum absolute atomic E-state index is 14.3. The predicted octanol–water partition coefficient (Wildman–Crippen LogP) is 4.56. The highest BCUT2D eigenvalue weighted by Gasteiger charge is 2.32. The number of amides is 3. The number of anilines is 2. The number of hydrogen-bond donors (Lipinski definition) is 2. The molecule has 3 aliphatic heterocycles. The number of aromatic nitrogens is 7. The highest BCUT2D eigenvalue weighted by Crippen LogP contribution is 2.36. The van der Waals surface area contributed by atoms with Gasteiger partial charge in [0.25, 0.3) is 12.3 Å². The second-order valence-corrected chi connectivity index (χ2v) is 17.7. The van der Waals surface area contributed by atoms with E-state index in [-0.39, 0.29) is 54.4 Å². The fourth-order valence-corrected chi connectivity index (χ4v) is 10.2. The highest BCUT2D eigenvalue weighted by atomic mass is 32.2. The van der Waals surface area contributed by atoms with Gasteiger partial charge >= 0.3 is 5.69 Å². The summed E-state index contributed by atoms with van der Waals surface area (Å²) in [5.41, 5.74) is 1.68. The summed E-state index contributed by atoms with van der Waals surface area (Å²) in [5, 5.41) is 13.6. The molecule has 2 N–H and O–H groups in total. The number of likely N-dealkylation sites (tertiary alicyclic amines) is 1. The monoisotopic (exact) mass is 869 g/mol. The van der Waals surface area contributed by atoms with Crippen LogP contribution < -0.4 is 21.2 Å². The number of nitrogens with one attached hydrogen (secondary N) is 2. The van der Waals surface area contributed by atoms with E-state index in [0.717, 1.165) is 88.6 Å². The van der Waals surface area contributed by atoms with E-state index in [1.165, 1.54) is 19.8 Å². The molecule has 1 aliphatic carbocycles. The number of fused-ring (bicyclic) bond motifs is 2. The Bertz CT molecular complexity index is 2610. The molecular formula is C43H49F2N11O5S. The molecule has 4 aliphatic rings. The molecule has 19 heteroatoms. The van der Waals surface area contributed by atoms with Gasteiger partial charge in [0.05, 0.1) is 40.6 Å². The third kappa shape index (κ3) is 8.59. The lowest BCUT2D eigenvalue weighted by Gasteiger charge is -2.36. The lowest BCUT2D eigenvalue weighted by atomic mass is 9.85. The summed E-state index contributed by atoms with van der Waals surface area (Å²) in [7, 11) is 1.66. The second kappa shape index (κ2) is 18.0. The Morgan fingerprint density at radius 3 is 2.58 bits per heavy atom. The van der Waals surface area contributed by atoms with Crippen LogP contribution in [0.15, 0.2) is 47.7 Å². The van der Waals surface area contributed by atoms with Crippen LogP contribution in [0.2, 0.25) is 0 Å². The maximum atomic E-state index is 14.3. The third-order valence-electron chi connectivity index (χ3n) is 12.6. The van der Waals surface area contributed by atoms with Gasteiger partial charge in [0.1, 0.15) is 24.0 Å². The van der Waals surface area contributed by atoms with Crippen molar-refractivity contribution >= 4 is 57.7 Å². The number of ether oxygens (including phenoxy) is 1. The highest BCUT2D eigenvalue weighted by molar-refractivity contribution is 7.99. The van der Waals surface area contributed by atoms with Gasteiger partial charge in [-0.2, -0.15) is 22.0 Å². The number of carbonyl (C=O) groups is 3. The Morgan fingerprint density at radius 1 is 1.03 bits per heavy atom. The Balaban J connectivity index is 0.748. The fraction of sp³-hybridized carbons (Fsp3) is 0.512. The number of alkyl halides is 2. The summed E-state index contributed by atoms with van der Waals surface area (Å²) in [6.45, 7) is 4.75. The van der Waals surface area contributed by atoms with E-state index in [1.54, 1.807) is 30.2 Å². The molecule has 3 saturated heterocycles. The van der Waals surface area contributed by atoms with Gasteiger partial charge in [-0.1, -0.05) is 17.9 Å². The SMILES string of the molecule is Cn1c(=O)n(C2CCC(=O)NC2=O)c2cccc(C#CCOC3CCN(CC4CCC(n5cc(NC(=O)c6cnn7ccc(N8CCSCC8)nc67)c(C(F)F)n5)CC4)CC3)c21. The van der Waals surface area contributed by atoms with Gasteiger partial charge in [0.2, 0.25) is 11.8 Å². The van der Waals surface area contributed by atoms with Gasteiger partial charge in [-0.25, -0.2) is 23.1 Å². The predicted molar refractivity (Wildman–Crippen MR) is 230 cm³/mol. The summed E-state index contributed by atoms with van der Waals surface area (Å²) in [6, 6.07) is 6.51. The quantitative estimate of drug-likeness (QED) is 0.149. The zero-order valence-electron chi connectivity index (χ0n) is 34.5. The Morgan fingerprint density at radius 2 is 1.82 bits per heavy atom. The number of para-hydroxylation sites is 1. The molecule has 5 aromatic rings. The smallest absolute Gasteiger partial charge is 0.329 e. The van der Waals surface area contributed by atoms with Crippen LogP contribution in [0, 0.1) is 17.8 Å². The van der Waals surface area contributed by atoms with Gasteiger partial charge in [-0.15, -0.1) is 0 Å². The first-order chi connectivity index (χ1) is 30.1. The number of hydrogen-bond acceptors (Lipinski definition) is 11. The lowest BCUT2D eigenvalue weighted by Crippen LogP contribution is -2.44. The molecule has 1 saturated carbocycles. The van der Waals surface area contributed by atoms with Gasteiger partial charge in [0.15, 0.2) is 11.3 Å². The molecule has 0 radical (unpaired) electrons. The minimum absolute atomic E-state index is 0.00204. The molecule has 0 bridgehead atoms. The zero-order chi connectivity index (χ0) is 42.9. The second-order valence-electron chi connectivity index (χ2n) is 16.5. The molecule has 7 heterocycles. The number of halogens is 2. The molecule has 1 atom stereocenters. The molecule has 0 spiro atoms. The molecule has 3 amide bonds. The van der Waals surface area contributed by atoms with E-state index in [1.807, 2.05) is 30.0 Å². The summed E-state index contributed by atoms with van der Waals surface area (Å²) in [6.07, 6.45) is 7.67. The average molecular weight is 870 g/mol. The van der Waals surface area contributed by atoms with Crippen molar-refractivity contribution in [3.8, 4) is 11.8 Å². The number of rotatable bonds is 10. The number of carbonyl (C=O) groups excluding carboxylic acids is 3. The van der Waals surface area contributed by atoms with E-state index < -0.39 is 30.0 Å². The molecule has 9 rings (SSSR count). The van der Waals surface area contributed by atoms with Crippen molar-refractivity contribution in [1.82, 2.24) is 43.7 Å². The lowest BCUT2D eigenvalue weighted by molar-refractivity contribution is -0.135. The first-order valence-corrected chi connectivity index (χ1v) is 22.5. The first kappa shape index (κ1) is 41.8. The average Bonchev–Trinajstić information content (AvgIpc) is 3.98. The number of piperidine rings is 2. The standard InChI is InChI=1S/C43H49F2N11O5S/c1-51-38-28(4-2-6-33(38)56(43(51)60)34-11-12-36(57)49-42(34)59)5-3-21-61-30-13-16-52(17-14-30)25-27-7-9-29(10-8-27)55-26-32(37(50-55)39(44)45)47-41(58)31-24-46-54-18-15-35(48-40(31)54)53-19-22-62-23-20-53/h2,4,6,15,18,24,26-27,29-30,34,39H,7-14,16-17,19-23,25H2,1H3,(H,47,58)(H,49,57,59). The van der Waals surface area contributed by atoms with Crippen molar-refractivity contribution in [2.75, 3.05) is 61.1 Å². The topological polar surface area (TPSA) is 166 Å². The van der Waals surface area contributed by atoms with Gasteiger partial charge in [-0.3, -0.25) is 33.5 Å². The molecular weight excluding hydrogens is 821 g/mol. The van der Waals surface area contributed by atoms with E-state index in [9.17, 15) is 28.0 Å². The number of benzene rings is 1. The number of nitrogens with zero attached hydrogens (tertiary/aromatic N) is 9. The zero-order valence-corrected chi connectivity index (χ0v) is 35.3. The molecule has 62 heavy (non-hydrogen) atoms. The van der Waals surface area contributed by atoms with Crippen molar-refractivity contribution < 1.29 is 27.9 Å². The van der Waals surface area contributed by atoms with E-state index >= 15 is 0 Å². The summed E-state index contributed by atoms with van der Waals surface area (Å²) < 4.78 is 40.8. The Hall–Kier alpha value is -5.58. The molecule has 326 valence electrons. The van der Waals surface area contributed by atoms with E-state index in [0.29, 0.717) is 28.2 Å². The molecule has 1 unspecified atom stereocenters. The Labute approximate surface area is 360 Å². The van der Waals surface area contributed by atoms with Crippen LogP contribution in [0.25, 0.3) is 16.7 Å². The summed E-state index contributed by atoms with van der Waals surface area (Å²) in [4.78, 5) is 60.4. The minimum Gasteiger partial charge on any atom is -0.365 e. The molecule has 16 nitrogen and oxygen atoms in total. The molecule has 4 fully saturated rings. The van der Waals surface area contributed by atoms with Crippen LogP contribution in [0.5, 0.6) is 0 Å². The minimum atomic E-state index is -2.86. The molecule has 4 aromatic heterocycles. The van der Waals surface area contributed by atoms with E-state index in [2.05, 4.69) is 42.5 Å². The molecule has 1 aromatic carbocycles. The van der Waals surface area contributed by atoms with Gasteiger partial charge in [0, 0.05) is 70.1 Å². The number of imidazole rings is 1. The first-order valence-electron chi connectivity index (χ1n) is 21.3.